The molecule has 2 rings (SSSR count). The van der Waals surface area contributed by atoms with Crippen molar-refractivity contribution < 1.29 is 9.84 Å². The van der Waals surface area contributed by atoms with Crippen molar-refractivity contribution in [1.29, 1.82) is 0 Å². The molecule has 0 radical (unpaired) electrons. The van der Waals surface area contributed by atoms with Gasteiger partial charge < -0.3 is 9.84 Å². The molecule has 0 amide bonds. The molecule has 1 N–H and O–H groups in total. The van der Waals surface area contributed by atoms with Crippen molar-refractivity contribution in [3.63, 3.8) is 0 Å². The highest BCUT2D eigenvalue weighted by Gasteiger charge is 2.22. The maximum Gasteiger partial charge on any atom is 0.112 e. The van der Waals surface area contributed by atoms with E-state index in [1.807, 2.05) is 7.05 Å². The van der Waals surface area contributed by atoms with Gasteiger partial charge in [0, 0.05) is 26.2 Å². The predicted molar refractivity (Wildman–Crippen MR) is 49.7 cm³/mol. The predicted octanol–water partition coefficient (Wildman–Crippen LogP) is 0.201. The second-order valence-electron chi connectivity index (χ2n) is 3.59. The Bertz CT molecular complexity index is 305. The van der Waals surface area contributed by atoms with Gasteiger partial charge in [-0.3, -0.25) is 4.68 Å². The average molecular weight is 197 g/mol. The fourth-order valence-electron chi connectivity index (χ4n) is 1.99. The highest BCUT2D eigenvalue weighted by Crippen LogP contribution is 2.27. The van der Waals surface area contributed by atoms with Crippen LogP contribution in [0, 0.1) is 0 Å². The Labute approximate surface area is 82.7 Å². The minimum absolute atomic E-state index is 0.0273. The Morgan fingerprint density at radius 1 is 1.50 bits per heavy atom. The van der Waals surface area contributed by atoms with Crippen molar-refractivity contribution in [3.05, 3.63) is 11.4 Å². The molecule has 1 aromatic rings. The first-order valence-corrected chi connectivity index (χ1v) is 4.90. The summed E-state index contributed by atoms with van der Waals surface area (Å²) in [5.74, 6) is 0.436. The summed E-state index contributed by atoms with van der Waals surface area (Å²) >= 11 is 0. The monoisotopic (exact) mass is 197 g/mol. The van der Waals surface area contributed by atoms with Crippen molar-refractivity contribution in [2.45, 2.75) is 25.4 Å². The highest BCUT2D eigenvalue weighted by molar-refractivity contribution is 5.15. The molecule has 1 fully saturated rings. The zero-order chi connectivity index (χ0) is 9.97. The van der Waals surface area contributed by atoms with Crippen molar-refractivity contribution in [3.8, 4) is 0 Å². The molecule has 0 bridgehead atoms. The molecular formula is C9H15N3O2. The van der Waals surface area contributed by atoms with E-state index < -0.39 is 0 Å². The van der Waals surface area contributed by atoms with Gasteiger partial charge in [0.05, 0.1) is 12.3 Å². The number of aromatic nitrogens is 3. The van der Waals surface area contributed by atoms with Gasteiger partial charge in [-0.15, -0.1) is 5.10 Å². The van der Waals surface area contributed by atoms with E-state index in [2.05, 4.69) is 10.3 Å². The lowest BCUT2D eigenvalue weighted by Crippen LogP contribution is -2.17. The lowest BCUT2D eigenvalue weighted by Gasteiger charge is -2.22. The van der Waals surface area contributed by atoms with Crippen LogP contribution in [0.3, 0.4) is 0 Å². The van der Waals surface area contributed by atoms with Gasteiger partial charge in [-0.25, -0.2) is 0 Å². The lowest BCUT2D eigenvalue weighted by atomic mass is 9.95. The van der Waals surface area contributed by atoms with Gasteiger partial charge in [0.25, 0.3) is 0 Å². The normalized spacial score (nSPS) is 18.7. The Kier molecular flexibility index (Phi) is 2.79. The number of hydrogen-bond donors (Lipinski definition) is 1. The number of nitrogens with zero attached hydrogens (tertiary/aromatic N) is 3. The summed E-state index contributed by atoms with van der Waals surface area (Å²) in [6.07, 6.45) is 1.99. The van der Waals surface area contributed by atoms with E-state index in [4.69, 9.17) is 9.84 Å². The number of aryl methyl sites for hydroxylation is 1. The molecule has 2 heterocycles. The molecule has 14 heavy (non-hydrogen) atoms. The summed E-state index contributed by atoms with van der Waals surface area (Å²) in [6, 6.07) is 0. The maximum absolute atomic E-state index is 9.12. The summed E-state index contributed by atoms with van der Waals surface area (Å²) in [5.41, 5.74) is 1.77. The zero-order valence-electron chi connectivity index (χ0n) is 8.31. The van der Waals surface area contributed by atoms with Crippen LogP contribution in [0.5, 0.6) is 0 Å². The molecule has 0 unspecified atom stereocenters. The molecule has 1 aliphatic rings. The lowest BCUT2D eigenvalue weighted by molar-refractivity contribution is 0.0832. The standard InChI is InChI=1S/C9H15N3O2/c1-12-9(8(6-13)10-11-12)7-2-4-14-5-3-7/h7,13H,2-6H2,1H3. The van der Waals surface area contributed by atoms with Gasteiger partial charge in [0.2, 0.25) is 0 Å². The van der Waals surface area contributed by atoms with Crippen LogP contribution in [-0.2, 0) is 18.4 Å². The van der Waals surface area contributed by atoms with Crippen LogP contribution in [0.4, 0.5) is 0 Å². The van der Waals surface area contributed by atoms with Crippen LogP contribution in [0.25, 0.3) is 0 Å². The average Bonchev–Trinajstić information content (AvgIpc) is 2.61. The summed E-state index contributed by atoms with van der Waals surface area (Å²) in [7, 11) is 1.87. The molecule has 1 aliphatic heterocycles. The fraction of sp³-hybridized carbons (Fsp3) is 0.778. The molecule has 5 nitrogen and oxygen atoms in total. The zero-order valence-corrected chi connectivity index (χ0v) is 8.31. The molecule has 0 spiro atoms. The van der Waals surface area contributed by atoms with Crippen molar-refractivity contribution in [2.24, 2.45) is 7.05 Å². The van der Waals surface area contributed by atoms with Gasteiger partial charge in [0.1, 0.15) is 5.69 Å². The van der Waals surface area contributed by atoms with E-state index in [0.717, 1.165) is 31.7 Å². The van der Waals surface area contributed by atoms with Crippen molar-refractivity contribution >= 4 is 0 Å². The first kappa shape index (κ1) is 9.61. The van der Waals surface area contributed by atoms with Crippen LogP contribution in [0.2, 0.25) is 0 Å². The fourth-order valence-corrected chi connectivity index (χ4v) is 1.99. The van der Waals surface area contributed by atoms with Crippen molar-refractivity contribution in [1.82, 2.24) is 15.0 Å². The van der Waals surface area contributed by atoms with Crippen LogP contribution in [0.15, 0.2) is 0 Å². The van der Waals surface area contributed by atoms with E-state index in [1.165, 1.54) is 0 Å². The van der Waals surface area contributed by atoms with E-state index >= 15 is 0 Å². The van der Waals surface area contributed by atoms with Gasteiger partial charge in [-0.05, 0) is 12.8 Å². The Morgan fingerprint density at radius 2 is 2.21 bits per heavy atom. The second kappa shape index (κ2) is 4.06. The van der Waals surface area contributed by atoms with E-state index in [9.17, 15) is 0 Å². The van der Waals surface area contributed by atoms with Gasteiger partial charge in [-0.1, -0.05) is 5.21 Å². The second-order valence-corrected chi connectivity index (χ2v) is 3.59. The van der Waals surface area contributed by atoms with Gasteiger partial charge >= 0.3 is 0 Å². The van der Waals surface area contributed by atoms with Crippen LogP contribution < -0.4 is 0 Å². The van der Waals surface area contributed by atoms with E-state index in [0.29, 0.717) is 11.6 Å². The molecule has 1 aromatic heterocycles. The largest absolute Gasteiger partial charge is 0.390 e. The van der Waals surface area contributed by atoms with Crippen molar-refractivity contribution in [2.75, 3.05) is 13.2 Å². The summed E-state index contributed by atoms with van der Waals surface area (Å²) < 4.78 is 7.06. The molecule has 5 heteroatoms. The SMILES string of the molecule is Cn1nnc(CO)c1C1CCOCC1. The summed E-state index contributed by atoms with van der Waals surface area (Å²) in [5, 5.41) is 17.0. The highest BCUT2D eigenvalue weighted by atomic mass is 16.5. The Morgan fingerprint density at radius 3 is 2.86 bits per heavy atom. The third kappa shape index (κ3) is 1.65. The topological polar surface area (TPSA) is 60.2 Å². The molecule has 0 saturated carbocycles. The first-order chi connectivity index (χ1) is 6.83. The molecule has 0 aromatic carbocycles. The maximum atomic E-state index is 9.12. The third-order valence-electron chi connectivity index (χ3n) is 2.70. The number of hydrogen-bond acceptors (Lipinski definition) is 4. The Hall–Kier alpha value is -0.940. The smallest absolute Gasteiger partial charge is 0.112 e. The summed E-state index contributed by atoms with van der Waals surface area (Å²) in [4.78, 5) is 0. The van der Waals surface area contributed by atoms with E-state index in [1.54, 1.807) is 4.68 Å². The molecule has 78 valence electrons. The minimum atomic E-state index is -0.0273. The minimum Gasteiger partial charge on any atom is -0.390 e. The van der Waals surface area contributed by atoms with Crippen LogP contribution in [-0.4, -0.2) is 33.3 Å². The van der Waals surface area contributed by atoms with E-state index in [-0.39, 0.29) is 6.61 Å². The van der Waals surface area contributed by atoms with Gasteiger partial charge in [-0.2, -0.15) is 0 Å². The molecular weight excluding hydrogens is 182 g/mol. The molecule has 0 aliphatic carbocycles. The molecule has 1 saturated heterocycles. The quantitative estimate of drug-likeness (QED) is 0.735. The first-order valence-electron chi connectivity index (χ1n) is 4.90. The number of aliphatic hydroxyl groups is 1. The summed E-state index contributed by atoms with van der Waals surface area (Å²) in [6.45, 7) is 1.56. The Balaban J connectivity index is 2.23. The van der Waals surface area contributed by atoms with Gasteiger partial charge in [0.15, 0.2) is 0 Å². The number of rotatable bonds is 2. The number of ether oxygens (including phenoxy) is 1. The van der Waals surface area contributed by atoms with Crippen LogP contribution >= 0.6 is 0 Å². The molecule has 0 atom stereocenters. The number of aliphatic hydroxyl groups excluding tert-OH is 1. The third-order valence-corrected chi connectivity index (χ3v) is 2.70. The van der Waals surface area contributed by atoms with Crippen LogP contribution in [0.1, 0.15) is 30.1 Å².